The van der Waals surface area contributed by atoms with E-state index in [1.165, 1.54) is 0 Å². The van der Waals surface area contributed by atoms with E-state index in [-0.39, 0.29) is 32.0 Å². The molecule has 0 aliphatic carbocycles. The molecule has 9 N–H and O–H groups in total. The molecule has 16 nitrogen and oxygen atoms in total. The van der Waals surface area contributed by atoms with E-state index in [1.807, 2.05) is 6.07 Å². The number of nitrogens with one attached hydrogen (secondary N) is 4. The van der Waals surface area contributed by atoms with Gasteiger partial charge in [-0.1, -0.05) is 70.5 Å². The molecule has 0 radical (unpaired) electrons. The molecule has 1 aromatic carbocycles. The average molecular weight is 696 g/mol. The van der Waals surface area contributed by atoms with Crippen LogP contribution in [-0.4, -0.2) is 86.2 Å². The number of rotatable bonds is 20. The molecule has 0 fully saturated rings. The first-order valence-electron chi connectivity index (χ1n) is 15.5. The van der Waals surface area contributed by atoms with E-state index in [0.717, 1.165) is 23.3 Å². The van der Waals surface area contributed by atoms with E-state index >= 15 is 0 Å². The third-order valence-corrected chi connectivity index (χ3v) is 7.74. The molecular formula is C31H49N7O9S. The smallest absolute Gasteiger partial charge is 0.408 e. The first kappa shape index (κ1) is 41.4. The van der Waals surface area contributed by atoms with E-state index in [4.69, 9.17) is 16.2 Å². The fraction of sp³-hybridized carbons (Fsp3) is 0.548. The van der Waals surface area contributed by atoms with E-state index in [9.17, 15) is 37.5 Å². The van der Waals surface area contributed by atoms with Crippen LogP contribution >= 0.6 is 0 Å². The Morgan fingerprint density at radius 2 is 1.56 bits per heavy atom. The van der Waals surface area contributed by atoms with E-state index in [1.54, 1.807) is 52.0 Å². The van der Waals surface area contributed by atoms with Gasteiger partial charge in [0.25, 0.3) is 0 Å². The summed E-state index contributed by atoms with van der Waals surface area (Å²) >= 11 is 0. The van der Waals surface area contributed by atoms with Crippen LogP contribution in [0.4, 0.5) is 4.79 Å². The van der Waals surface area contributed by atoms with Gasteiger partial charge in [-0.15, -0.1) is 0 Å². The van der Waals surface area contributed by atoms with Gasteiger partial charge in [-0.2, -0.15) is 0 Å². The maximum Gasteiger partial charge on any atom is 0.408 e. The predicted octanol–water partition coefficient (Wildman–Crippen LogP) is 0.525. The highest BCUT2D eigenvalue weighted by Crippen LogP contribution is 2.12. The standard InChI is InChI=1S/C31H49N7O9S/c1-6-20(4)26(29(43)35-22(17-24(39)40)14-16-48(5,45)46)37-27(41)23(13-10-15-34-30(32)33)36-28(42)25(19(2)3)38-31(44)47-18-21-11-8-7-9-12-21/h7-9,11-12,14,16,19-20,22-23,25-26H,6,10,13,15,17-18H2,1-5H3,(H,35,43)(H,36,42)(H,37,41)(H,38,44)(H,39,40)(H4,32,33,34)/b16-14+/t20?,22-,23+,25+,26+/m1/s1. The number of nitrogens with zero attached hydrogens (tertiary/aromatic N) is 1. The Balaban J connectivity index is 3.19. The fourth-order valence-corrected chi connectivity index (χ4v) is 4.76. The lowest BCUT2D eigenvalue weighted by atomic mass is 9.96. The Kier molecular flexibility index (Phi) is 17.7. The highest BCUT2D eigenvalue weighted by molar-refractivity contribution is 7.93. The van der Waals surface area contributed by atoms with Gasteiger partial charge in [0.2, 0.25) is 17.7 Å². The molecule has 1 unspecified atom stereocenters. The topological polar surface area (TPSA) is 261 Å². The van der Waals surface area contributed by atoms with Crippen molar-refractivity contribution in [3.63, 3.8) is 0 Å². The van der Waals surface area contributed by atoms with Gasteiger partial charge in [0, 0.05) is 18.2 Å². The van der Waals surface area contributed by atoms with Crippen LogP contribution in [0.3, 0.4) is 0 Å². The van der Waals surface area contributed by atoms with Crippen LogP contribution < -0.4 is 32.7 Å². The summed E-state index contributed by atoms with van der Waals surface area (Å²) in [5.41, 5.74) is 11.5. The number of amides is 4. The summed E-state index contributed by atoms with van der Waals surface area (Å²) in [6.45, 7) is 6.98. The second kappa shape index (κ2) is 20.5. The molecular weight excluding hydrogens is 646 g/mol. The molecule has 0 aliphatic rings. The number of ether oxygens (including phenoxy) is 1. The summed E-state index contributed by atoms with van der Waals surface area (Å²) in [5.74, 6) is -4.48. The monoisotopic (exact) mass is 695 g/mol. The molecule has 48 heavy (non-hydrogen) atoms. The second-order valence-electron chi connectivity index (χ2n) is 11.7. The average Bonchev–Trinajstić information content (AvgIpc) is 3.00. The minimum Gasteiger partial charge on any atom is -0.481 e. The molecule has 0 bridgehead atoms. The third-order valence-electron chi connectivity index (χ3n) is 7.09. The first-order chi connectivity index (χ1) is 22.4. The number of benzene rings is 1. The molecule has 5 atom stereocenters. The molecule has 0 heterocycles. The quantitative estimate of drug-likeness (QED) is 0.0562. The van der Waals surface area contributed by atoms with E-state index in [2.05, 4.69) is 26.3 Å². The number of carbonyl (C=O) groups is 5. The van der Waals surface area contributed by atoms with Crippen molar-refractivity contribution in [2.45, 2.75) is 84.2 Å². The van der Waals surface area contributed by atoms with Crippen molar-refractivity contribution in [1.82, 2.24) is 21.3 Å². The number of aliphatic imine (C=N–C) groups is 1. The zero-order chi connectivity index (χ0) is 36.4. The lowest BCUT2D eigenvalue weighted by Crippen LogP contribution is -2.59. The Morgan fingerprint density at radius 1 is 0.938 bits per heavy atom. The number of guanidine groups is 1. The van der Waals surface area contributed by atoms with Crippen LogP contribution in [0, 0.1) is 11.8 Å². The molecule has 268 valence electrons. The van der Waals surface area contributed by atoms with Gasteiger partial charge in [-0.05, 0) is 30.2 Å². The Hall–Kier alpha value is -4.67. The van der Waals surface area contributed by atoms with Gasteiger partial charge in [0.05, 0.1) is 12.5 Å². The van der Waals surface area contributed by atoms with Gasteiger partial charge < -0.3 is 42.6 Å². The maximum atomic E-state index is 13.6. The Bertz CT molecular complexity index is 1400. The number of carboxylic acids is 1. The Labute approximate surface area is 281 Å². The van der Waals surface area contributed by atoms with Crippen LogP contribution in [0.1, 0.15) is 58.9 Å². The first-order valence-corrected chi connectivity index (χ1v) is 17.4. The molecule has 0 saturated carbocycles. The number of sulfone groups is 1. The van der Waals surface area contributed by atoms with E-state index < -0.39 is 82.0 Å². The maximum absolute atomic E-state index is 13.6. The number of nitrogens with two attached hydrogens (primary N) is 2. The number of aliphatic carboxylic acids is 1. The van der Waals surface area contributed by atoms with Crippen molar-refractivity contribution in [2.24, 2.45) is 28.3 Å². The fourth-order valence-electron chi connectivity index (χ4n) is 4.28. The lowest BCUT2D eigenvalue weighted by molar-refractivity contribution is -0.138. The number of hydrogen-bond donors (Lipinski definition) is 7. The minimum atomic E-state index is -3.62. The largest absolute Gasteiger partial charge is 0.481 e. The number of carbonyl (C=O) groups excluding carboxylic acids is 4. The molecule has 17 heteroatoms. The van der Waals surface area contributed by atoms with Gasteiger partial charge >= 0.3 is 12.1 Å². The van der Waals surface area contributed by atoms with Crippen molar-refractivity contribution in [3.8, 4) is 0 Å². The van der Waals surface area contributed by atoms with E-state index in [0.29, 0.717) is 6.42 Å². The minimum absolute atomic E-state index is 0.0225. The lowest BCUT2D eigenvalue weighted by Gasteiger charge is -2.29. The summed E-state index contributed by atoms with van der Waals surface area (Å²) in [7, 11) is -3.62. The molecule has 0 spiro atoms. The van der Waals surface area contributed by atoms with Crippen molar-refractivity contribution in [3.05, 3.63) is 47.4 Å². The summed E-state index contributed by atoms with van der Waals surface area (Å²) in [4.78, 5) is 68.3. The third kappa shape index (κ3) is 16.8. The summed E-state index contributed by atoms with van der Waals surface area (Å²) < 4.78 is 28.5. The zero-order valence-corrected chi connectivity index (χ0v) is 28.8. The normalized spacial score (nSPS) is 14.5. The molecule has 1 rings (SSSR count). The van der Waals surface area contributed by atoms with Gasteiger partial charge in [0.1, 0.15) is 24.7 Å². The zero-order valence-electron chi connectivity index (χ0n) is 28.0. The van der Waals surface area contributed by atoms with Crippen molar-refractivity contribution >= 4 is 45.6 Å². The van der Waals surface area contributed by atoms with Gasteiger partial charge in [-0.3, -0.25) is 24.2 Å². The van der Waals surface area contributed by atoms with Crippen LogP contribution in [0.5, 0.6) is 0 Å². The molecule has 0 aliphatic heterocycles. The molecule has 1 aromatic rings. The van der Waals surface area contributed by atoms with Crippen molar-refractivity contribution < 1.29 is 42.2 Å². The predicted molar refractivity (Wildman–Crippen MR) is 180 cm³/mol. The number of carboxylic acid groups (broad SMARTS) is 1. The number of alkyl carbamates (subject to hydrolysis) is 1. The number of hydrogen-bond acceptors (Lipinski definition) is 9. The molecule has 4 amide bonds. The summed E-state index contributed by atoms with van der Waals surface area (Å²) in [5, 5.41) is 20.4. The van der Waals surface area contributed by atoms with Crippen molar-refractivity contribution in [1.29, 1.82) is 0 Å². The van der Waals surface area contributed by atoms with Crippen LogP contribution in [0.25, 0.3) is 0 Å². The molecule has 0 aromatic heterocycles. The summed E-state index contributed by atoms with van der Waals surface area (Å²) in [6.07, 6.45) is 1.24. The van der Waals surface area contributed by atoms with Crippen LogP contribution in [0.2, 0.25) is 0 Å². The highest BCUT2D eigenvalue weighted by atomic mass is 32.2. The van der Waals surface area contributed by atoms with Gasteiger partial charge in [-0.25, -0.2) is 13.2 Å². The van der Waals surface area contributed by atoms with Crippen LogP contribution in [0.15, 0.2) is 46.8 Å². The highest BCUT2D eigenvalue weighted by Gasteiger charge is 2.33. The summed E-state index contributed by atoms with van der Waals surface area (Å²) in [6, 6.07) is 4.28. The van der Waals surface area contributed by atoms with Crippen LogP contribution in [-0.2, 0) is 40.4 Å². The van der Waals surface area contributed by atoms with Crippen molar-refractivity contribution in [2.75, 3.05) is 12.8 Å². The SMILES string of the molecule is CCC(C)[C@H](NC(=O)[C@H](CCCN=C(N)N)NC(=O)[C@@H](NC(=O)OCc1ccccc1)C(C)C)C(=O)N[C@H](/C=C/S(C)(=O)=O)CC(=O)O. The van der Waals surface area contributed by atoms with Gasteiger partial charge in [0.15, 0.2) is 15.8 Å². The molecule has 0 saturated heterocycles. The second-order valence-corrected chi connectivity index (χ2v) is 13.6. The Morgan fingerprint density at radius 3 is 2.10 bits per heavy atom.